The molecule has 0 bridgehead atoms. The van der Waals surface area contributed by atoms with Crippen LogP contribution in [0.4, 0.5) is 0 Å². The molecule has 0 aromatic rings. The summed E-state index contributed by atoms with van der Waals surface area (Å²) in [5.41, 5.74) is 0. The van der Waals surface area contributed by atoms with Gasteiger partial charge in [0.25, 0.3) is 0 Å². The topological polar surface area (TPSA) is 58.9 Å². The summed E-state index contributed by atoms with van der Waals surface area (Å²) in [7, 11) is 0. The first kappa shape index (κ1) is 5.97. The Labute approximate surface area is 46.6 Å². The van der Waals surface area contributed by atoms with E-state index in [1.165, 1.54) is 0 Å². The Kier molecular flexibility index (Phi) is 1.80. The van der Waals surface area contributed by atoms with Gasteiger partial charge in [0.15, 0.2) is 12.6 Å². The van der Waals surface area contributed by atoms with E-state index in [4.69, 9.17) is 10.2 Å². The lowest BCUT2D eigenvalue weighted by Gasteiger charge is -2.22. The first-order valence-corrected chi connectivity index (χ1v) is 2.38. The van der Waals surface area contributed by atoms with Crippen molar-refractivity contribution < 1.29 is 19.7 Å². The molecule has 2 atom stereocenters. The van der Waals surface area contributed by atoms with Gasteiger partial charge in [0.05, 0.1) is 0 Å². The molecule has 1 rings (SSSR count). The highest BCUT2D eigenvalue weighted by Crippen LogP contribution is 2.00. The standard InChI is InChI=1S/C4H8O4/c5-3-1-7-4(6)2-8-3/h3-6H,1-2H2/t3-,4-/m1/s1. The number of hydrogen-bond donors (Lipinski definition) is 2. The van der Waals surface area contributed by atoms with Gasteiger partial charge in [-0.25, -0.2) is 0 Å². The summed E-state index contributed by atoms with van der Waals surface area (Å²) in [6, 6.07) is 0. The lowest BCUT2D eigenvalue weighted by molar-refractivity contribution is -0.263. The number of aliphatic hydroxyl groups excluding tert-OH is 2. The largest absolute Gasteiger partial charge is 0.366 e. The molecule has 1 fully saturated rings. The number of aliphatic hydroxyl groups is 2. The highest BCUT2D eigenvalue weighted by molar-refractivity contribution is 4.48. The van der Waals surface area contributed by atoms with Crippen molar-refractivity contribution in [1.82, 2.24) is 0 Å². The van der Waals surface area contributed by atoms with E-state index in [2.05, 4.69) is 9.47 Å². The minimum Gasteiger partial charge on any atom is -0.366 e. The fourth-order valence-electron chi connectivity index (χ4n) is 0.483. The van der Waals surface area contributed by atoms with Gasteiger partial charge >= 0.3 is 0 Å². The molecule has 0 amide bonds. The van der Waals surface area contributed by atoms with Gasteiger partial charge in [-0.2, -0.15) is 0 Å². The molecule has 8 heavy (non-hydrogen) atoms. The Morgan fingerprint density at radius 1 is 1.00 bits per heavy atom. The molecule has 0 unspecified atom stereocenters. The van der Waals surface area contributed by atoms with Gasteiger partial charge in [-0.3, -0.25) is 0 Å². The van der Waals surface area contributed by atoms with Crippen LogP contribution >= 0.6 is 0 Å². The van der Waals surface area contributed by atoms with E-state index in [0.717, 1.165) is 0 Å². The molecular formula is C4H8O4. The molecule has 0 aliphatic carbocycles. The SMILES string of the molecule is O[C@H]1CO[C@@H](O)CO1. The van der Waals surface area contributed by atoms with Gasteiger partial charge in [-0.15, -0.1) is 0 Å². The van der Waals surface area contributed by atoms with Gasteiger partial charge in [0.2, 0.25) is 0 Å². The summed E-state index contributed by atoms with van der Waals surface area (Å²) < 4.78 is 9.14. The number of ether oxygens (including phenoxy) is 2. The van der Waals surface area contributed by atoms with Crippen LogP contribution < -0.4 is 0 Å². The van der Waals surface area contributed by atoms with Crippen LogP contribution in [0.1, 0.15) is 0 Å². The van der Waals surface area contributed by atoms with Crippen LogP contribution in [0.25, 0.3) is 0 Å². The van der Waals surface area contributed by atoms with Crippen molar-refractivity contribution in [2.45, 2.75) is 12.6 Å². The Bertz CT molecular complexity index is 56.4. The van der Waals surface area contributed by atoms with Gasteiger partial charge in [0.1, 0.15) is 13.2 Å². The molecule has 0 radical (unpaired) electrons. The first-order valence-electron chi connectivity index (χ1n) is 2.38. The lowest BCUT2D eigenvalue weighted by atomic mass is 10.5. The molecular weight excluding hydrogens is 112 g/mol. The summed E-state index contributed by atoms with van der Waals surface area (Å²) in [4.78, 5) is 0. The van der Waals surface area contributed by atoms with Gasteiger partial charge in [-0.05, 0) is 0 Å². The number of rotatable bonds is 0. The van der Waals surface area contributed by atoms with E-state index in [-0.39, 0.29) is 13.2 Å². The highest BCUT2D eigenvalue weighted by atomic mass is 16.7. The Hall–Kier alpha value is -0.160. The number of hydrogen-bond acceptors (Lipinski definition) is 4. The molecule has 4 heteroatoms. The molecule has 0 aromatic heterocycles. The van der Waals surface area contributed by atoms with Crippen molar-refractivity contribution in [3.05, 3.63) is 0 Å². The summed E-state index contributed by atoms with van der Waals surface area (Å²) in [5.74, 6) is 0. The maximum atomic E-state index is 8.57. The Morgan fingerprint density at radius 2 is 1.38 bits per heavy atom. The second-order valence-corrected chi connectivity index (χ2v) is 1.58. The monoisotopic (exact) mass is 120 g/mol. The molecule has 4 nitrogen and oxygen atoms in total. The maximum Gasteiger partial charge on any atom is 0.178 e. The summed E-state index contributed by atoms with van der Waals surface area (Å²) in [6.07, 6.45) is -1.73. The zero-order valence-corrected chi connectivity index (χ0v) is 4.28. The van der Waals surface area contributed by atoms with E-state index in [0.29, 0.717) is 0 Å². The molecule has 1 heterocycles. The third kappa shape index (κ3) is 1.41. The van der Waals surface area contributed by atoms with Crippen LogP contribution in [0.5, 0.6) is 0 Å². The summed E-state index contributed by atoms with van der Waals surface area (Å²) >= 11 is 0. The van der Waals surface area contributed by atoms with Crippen molar-refractivity contribution in [1.29, 1.82) is 0 Å². The molecule has 1 saturated heterocycles. The molecule has 0 spiro atoms. The maximum absolute atomic E-state index is 8.57. The van der Waals surface area contributed by atoms with Gasteiger partial charge in [0, 0.05) is 0 Å². The smallest absolute Gasteiger partial charge is 0.178 e. The average molecular weight is 120 g/mol. The van der Waals surface area contributed by atoms with E-state index in [9.17, 15) is 0 Å². The van der Waals surface area contributed by atoms with Crippen molar-refractivity contribution in [2.75, 3.05) is 13.2 Å². The highest BCUT2D eigenvalue weighted by Gasteiger charge is 2.16. The zero-order valence-electron chi connectivity index (χ0n) is 4.28. The van der Waals surface area contributed by atoms with Crippen LogP contribution in [0.3, 0.4) is 0 Å². The third-order valence-corrected chi connectivity index (χ3v) is 0.862. The first-order chi connectivity index (χ1) is 3.79. The summed E-state index contributed by atoms with van der Waals surface area (Å²) in [5, 5.41) is 17.1. The van der Waals surface area contributed by atoms with E-state index >= 15 is 0 Å². The van der Waals surface area contributed by atoms with E-state index < -0.39 is 12.6 Å². The van der Waals surface area contributed by atoms with Crippen molar-refractivity contribution in [3.63, 3.8) is 0 Å². The molecule has 1 aliphatic rings. The Balaban J connectivity index is 2.19. The normalized spacial score (nSPS) is 39.8. The molecule has 2 N–H and O–H groups in total. The minimum atomic E-state index is -0.863. The molecule has 0 saturated carbocycles. The molecule has 1 aliphatic heterocycles. The van der Waals surface area contributed by atoms with Crippen molar-refractivity contribution in [2.24, 2.45) is 0 Å². The van der Waals surface area contributed by atoms with Crippen LogP contribution in [0.2, 0.25) is 0 Å². The minimum absolute atomic E-state index is 0.0567. The fourth-order valence-corrected chi connectivity index (χ4v) is 0.483. The van der Waals surface area contributed by atoms with Gasteiger partial charge in [-0.1, -0.05) is 0 Å². The zero-order chi connectivity index (χ0) is 5.98. The quantitative estimate of drug-likeness (QED) is 0.416. The fraction of sp³-hybridized carbons (Fsp3) is 1.00. The summed E-state index contributed by atoms with van der Waals surface area (Å²) in [6.45, 7) is 0.113. The van der Waals surface area contributed by atoms with Gasteiger partial charge < -0.3 is 19.7 Å². The van der Waals surface area contributed by atoms with Crippen molar-refractivity contribution >= 4 is 0 Å². The van der Waals surface area contributed by atoms with E-state index in [1.807, 2.05) is 0 Å². The average Bonchev–Trinajstić information content (AvgIpc) is 1.77. The van der Waals surface area contributed by atoms with Crippen molar-refractivity contribution in [3.8, 4) is 0 Å². The van der Waals surface area contributed by atoms with Crippen LogP contribution in [0.15, 0.2) is 0 Å². The molecule has 0 aromatic carbocycles. The third-order valence-electron chi connectivity index (χ3n) is 0.862. The predicted octanol–water partition coefficient (Wildman–Crippen LogP) is -1.33. The van der Waals surface area contributed by atoms with Crippen LogP contribution in [-0.2, 0) is 9.47 Å². The Morgan fingerprint density at radius 3 is 1.62 bits per heavy atom. The lowest BCUT2D eigenvalue weighted by Crippen LogP contribution is -2.34. The second-order valence-electron chi connectivity index (χ2n) is 1.58. The van der Waals surface area contributed by atoms with E-state index in [1.54, 1.807) is 0 Å². The predicted molar refractivity (Wildman–Crippen MR) is 23.9 cm³/mol. The van der Waals surface area contributed by atoms with Crippen LogP contribution in [-0.4, -0.2) is 36.0 Å². The molecule has 48 valence electrons. The second kappa shape index (κ2) is 2.41. The van der Waals surface area contributed by atoms with Crippen LogP contribution in [0, 0.1) is 0 Å².